The maximum atomic E-state index is 10.1. The van der Waals surface area contributed by atoms with Crippen LogP contribution in [-0.2, 0) is 4.04 Å². The van der Waals surface area contributed by atoms with Crippen molar-refractivity contribution in [2.45, 2.75) is 18.6 Å². The zero-order valence-corrected chi connectivity index (χ0v) is 9.13. The summed E-state index contributed by atoms with van der Waals surface area (Å²) in [6, 6.07) is 0. The Morgan fingerprint density at radius 2 is 2.73 bits per heavy atom. The number of rotatable bonds is 1. The predicted molar refractivity (Wildman–Crippen MR) is 54.4 cm³/mol. The fraction of sp³-hybridized carbons (Fsp3) is 0.500. The monoisotopic (exact) mass is 252 g/mol. The molecule has 0 aromatic heterocycles. The Hall–Kier alpha value is 0.420. The molecule has 1 rings (SSSR count). The normalized spacial score (nSPS) is 25.0. The van der Waals surface area contributed by atoms with Crippen molar-refractivity contribution in [2.75, 3.05) is 0 Å². The molecule has 0 radical (unpaired) electrons. The van der Waals surface area contributed by atoms with E-state index in [4.69, 9.17) is 0 Å². The third-order valence-electron chi connectivity index (χ3n) is 1.39. The first-order chi connectivity index (χ1) is 5.24. The minimum absolute atomic E-state index is 0.284. The van der Waals surface area contributed by atoms with Crippen molar-refractivity contribution >= 4 is 45.1 Å². The Kier molecular flexibility index (Phi) is 3.84. The molecule has 5 heteroatoms. The van der Waals surface area contributed by atoms with E-state index in [1.807, 2.05) is 6.92 Å². The van der Waals surface area contributed by atoms with Crippen molar-refractivity contribution in [3.05, 3.63) is 9.89 Å². The third kappa shape index (κ3) is 2.74. The van der Waals surface area contributed by atoms with E-state index < -0.39 is 0 Å². The Balaban J connectivity index is 2.55. The van der Waals surface area contributed by atoms with Crippen molar-refractivity contribution in [1.29, 1.82) is 0 Å². The molecular formula is C6H7BrNOS2+. The van der Waals surface area contributed by atoms with Gasteiger partial charge in [0.25, 0.3) is 0 Å². The van der Waals surface area contributed by atoms with Gasteiger partial charge in [-0.2, -0.15) is 0 Å². The fourth-order valence-corrected chi connectivity index (χ4v) is 2.90. The van der Waals surface area contributed by atoms with E-state index >= 15 is 0 Å². The maximum absolute atomic E-state index is 10.1. The SMILES string of the molecule is CC(=NS#[O+])C1CC(Br)=CS1. The summed E-state index contributed by atoms with van der Waals surface area (Å²) in [7, 11) is 0. The Labute approximate surface area is 82.0 Å². The Morgan fingerprint density at radius 1 is 2.00 bits per heavy atom. The van der Waals surface area contributed by atoms with Gasteiger partial charge in [0.15, 0.2) is 0 Å². The third-order valence-corrected chi connectivity index (χ3v) is 3.86. The van der Waals surface area contributed by atoms with Gasteiger partial charge in [0.1, 0.15) is 0 Å². The van der Waals surface area contributed by atoms with Crippen LogP contribution in [0.15, 0.2) is 14.3 Å². The molecule has 1 heterocycles. The molecular weight excluding hydrogens is 246 g/mol. The van der Waals surface area contributed by atoms with Crippen LogP contribution in [0, 0.1) is 0 Å². The summed E-state index contributed by atoms with van der Waals surface area (Å²) in [5, 5.41) is 2.42. The first-order valence-electron chi connectivity index (χ1n) is 3.07. The van der Waals surface area contributed by atoms with Gasteiger partial charge in [0.2, 0.25) is 0 Å². The van der Waals surface area contributed by atoms with Crippen molar-refractivity contribution in [3.63, 3.8) is 0 Å². The molecule has 0 fully saturated rings. The minimum atomic E-state index is 0.284. The van der Waals surface area contributed by atoms with Crippen LogP contribution in [0.4, 0.5) is 0 Å². The van der Waals surface area contributed by atoms with E-state index in [9.17, 15) is 4.04 Å². The van der Waals surface area contributed by atoms with E-state index in [2.05, 4.69) is 25.7 Å². The van der Waals surface area contributed by atoms with Crippen LogP contribution in [0.2, 0.25) is 0 Å². The molecule has 0 saturated carbocycles. The molecule has 2 nitrogen and oxygen atoms in total. The van der Waals surface area contributed by atoms with Crippen LogP contribution in [0.5, 0.6) is 0 Å². The average molecular weight is 253 g/mol. The molecule has 11 heavy (non-hydrogen) atoms. The summed E-state index contributed by atoms with van der Waals surface area (Å²) >= 11 is 5.39. The number of thioether (sulfide) groups is 1. The summed E-state index contributed by atoms with van der Waals surface area (Å²) in [5.74, 6) is 0. The fourth-order valence-electron chi connectivity index (χ4n) is 0.793. The van der Waals surface area contributed by atoms with Crippen LogP contribution < -0.4 is 0 Å². The Bertz CT molecular complexity index is 256. The van der Waals surface area contributed by atoms with Crippen molar-refractivity contribution in [2.24, 2.45) is 4.40 Å². The zero-order chi connectivity index (χ0) is 8.27. The van der Waals surface area contributed by atoms with Crippen LogP contribution in [0.1, 0.15) is 13.3 Å². The standard InChI is InChI=1S/C6H7BrNOS2/c1-4(8-11-9)6-2-5(7)3-10-6/h3,6H,2H2,1H3/q+1. The van der Waals surface area contributed by atoms with Gasteiger partial charge < -0.3 is 0 Å². The first kappa shape index (κ1) is 9.51. The molecule has 0 aromatic carbocycles. The van der Waals surface area contributed by atoms with E-state index in [-0.39, 0.29) is 11.7 Å². The molecule has 1 aliphatic rings. The molecule has 1 unspecified atom stereocenters. The molecule has 60 valence electrons. The van der Waals surface area contributed by atoms with Gasteiger partial charge in [0.05, 0.1) is 0 Å². The van der Waals surface area contributed by atoms with Crippen molar-refractivity contribution in [1.82, 2.24) is 0 Å². The molecule has 0 N–H and O–H groups in total. The van der Waals surface area contributed by atoms with Crippen LogP contribution in [-0.4, -0.2) is 11.0 Å². The second-order valence-corrected chi connectivity index (χ2v) is 4.63. The molecule has 1 aliphatic heterocycles. The predicted octanol–water partition coefficient (Wildman–Crippen LogP) is 3.18. The molecule has 0 aromatic rings. The molecule has 1 atom stereocenters. The summed E-state index contributed by atoms with van der Waals surface area (Å²) < 4.78 is 15.0. The van der Waals surface area contributed by atoms with E-state index in [1.165, 1.54) is 4.48 Å². The van der Waals surface area contributed by atoms with Gasteiger partial charge in [0, 0.05) is 0 Å². The number of allylic oxidation sites excluding steroid dienone is 1. The molecule has 0 aliphatic carbocycles. The zero-order valence-electron chi connectivity index (χ0n) is 5.91. The second-order valence-electron chi connectivity index (χ2n) is 2.20. The van der Waals surface area contributed by atoms with Gasteiger partial charge in [-0.05, 0) is 0 Å². The number of nitrogens with zero attached hydrogens (tertiary/aromatic N) is 1. The van der Waals surface area contributed by atoms with E-state index in [1.54, 1.807) is 11.8 Å². The molecule has 0 spiro atoms. The van der Waals surface area contributed by atoms with Crippen LogP contribution in [0.3, 0.4) is 0 Å². The molecule has 0 bridgehead atoms. The quantitative estimate of drug-likeness (QED) is 0.401. The van der Waals surface area contributed by atoms with Gasteiger partial charge in [-0.15, -0.1) is 0 Å². The topological polar surface area (TPSA) is 32.3 Å². The first-order valence-corrected chi connectivity index (χ1v) is 5.51. The number of hydrogen-bond acceptors (Lipinski definition) is 2. The number of halogens is 1. The number of hydrogen-bond donors (Lipinski definition) is 0. The molecule has 0 amide bonds. The van der Waals surface area contributed by atoms with Gasteiger partial charge >= 0.3 is 82.0 Å². The summed E-state index contributed by atoms with van der Waals surface area (Å²) in [4.78, 5) is 0. The van der Waals surface area contributed by atoms with Crippen molar-refractivity contribution < 1.29 is 4.04 Å². The Morgan fingerprint density at radius 3 is 3.18 bits per heavy atom. The van der Waals surface area contributed by atoms with Gasteiger partial charge in [-0.3, -0.25) is 0 Å². The second kappa shape index (κ2) is 4.45. The summed E-state index contributed by atoms with van der Waals surface area (Å²) in [6.45, 7) is 1.89. The summed E-state index contributed by atoms with van der Waals surface area (Å²) in [6.07, 6.45) is 0.959. The van der Waals surface area contributed by atoms with Crippen molar-refractivity contribution in [3.8, 4) is 0 Å². The van der Waals surface area contributed by atoms with Crippen LogP contribution in [0.25, 0.3) is 0 Å². The van der Waals surface area contributed by atoms with Gasteiger partial charge in [-0.25, -0.2) is 0 Å². The summed E-state index contributed by atoms with van der Waals surface area (Å²) in [5.41, 5.74) is 0.917. The molecule has 0 saturated heterocycles. The van der Waals surface area contributed by atoms with Gasteiger partial charge in [-0.1, -0.05) is 0 Å². The van der Waals surface area contributed by atoms with Crippen LogP contribution >= 0.6 is 39.4 Å². The van der Waals surface area contributed by atoms with E-state index in [0.717, 1.165) is 12.1 Å². The van der Waals surface area contributed by atoms with E-state index in [0.29, 0.717) is 5.25 Å². The average Bonchev–Trinajstić information content (AvgIpc) is 2.36.